The Morgan fingerprint density at radius 3 is 3.08 bits per heavy atom. The Morgan fingerprint density at radius 2 is 2.54 bits per heavy atom. The normalized spacial score (nSPS) is 30.6. The highest BCUT2D eigenvalue weighted by Crippen LogP contribution is 2.23. The van der Waals surface area contributed by atoms with E-state index >= 15 is 0 Å². The Morgan fingerprint density at radius 1 is 1.69 bits per heavy atom. The third-order valence-corrected chi connectivity index (χ3v) is 2.57. The van der Waals surface area contributed by atoms with E-state index in [1.54, 1.807) is 4.90 Å². The molecule has 0 spiro atoms. The van der Waals surface area contributed by atoms with Crippen molar-refractivity contribution < 1.29 is 14.3 Å². The lowest BCUT2D eigenvalue weighted by atomic mass is 10.2. The lowest BCUT2D eigenvalue weighted by Gasteiger charge is -2.26. The van der Waals surface area contributed by atoms with E-state index < -0.39 is 0 Å². The zero-order chi connectivity index (χ0) is 9.26. The summed E-state index contributed by atoms with van der Waals surface area (Å²) in [4.78, 5) is 23.0. The number of aldehydes is 1. The van der Waals surface area contributed by atoms with Gasteiger partial charge in [-0.25, -0.2) is 4.79 Å². The van der Waals surface area contributed by atoms with E-state index in [1.165, 1.54) is 0 Å². The second kappa shape index (κ2) is 3.33. The first kappa shape index (κ1) is 8.50. The summed E-state index contributed by atoms with van der Waals surface area (Å²) in [6.45, 7) is 1.42. The monoisotopic (exact) mass is 184 g/mol. The van der Waals surface area contributed by atoms with Gasteiger partial charge in [0.1, 0.15) is 6.61 Å². The second-order valence-corrected chi connectivity index (χ2v) is 3.39. The highest BCUT2D eigenvalue weighted by atomic mass is 16.6. The Labute approximate surface area is 76.0 Å². The van der Waals surface area contributed by atoms with Gasteiger partial charge < -0.3 is 15.0 Å². The van der Waals surface area contributed by atoms with Gasteiger partial charge in [0.15, 0.2) is 6.29 Å². The van der Waals surface area contributed by atoms with Gasteiger partial charge in [0.05, 0.1) is 0 Å². The van der Waals surface area contributed by atoms with Crippen LogP contribution < -0.4 is 5.32 Å². The molecule has 13 heavy (non-hydrogen) atoms. The number of hydrogen-bond donors (Lipinski definition) is 1. The minimum Gasteiger partial charge on any atom is -0.442 e. The number of amides is 1. The third-order valence-electron chi connectivity index (χ3n) is 2.57. The van der Waals surface area contributed by atoms with E-state index in [4.69, 9.17) is 4.74 Å². The van der Waals surface area contributed by atoms with Crippen LogP contribution in [0, 0.1) is 0 Å². The van der Waals surface area contributed by atoms with Crippen LogP contribution in [-0.4, -0.2) is 49.1 Å². The van der Waals surface area contributed by atoms with Crippen LogP contribution in [0.15, 0.2) is 0 Å². The molecule has 72 valence electrons. The molecule has 2 aliphatic heterocycles. The summed E-state index contributed by atoms with van der Waals surface area (Å²) in [5.41, 5.74) is 0. The van der Waals surface area contributed by atoms with Gasteiger partial charge in [0.25, 0.3) is 0 Å². The third kappa shape index (κ3) is 1.51. The zero-order valence-electron chi connectivity index (χ0n) is 7.23. The molecule has 2 saturated heterocycles. The highest BCUT2D eigenvalue weighted by Gasteiger charge is 2.40. The fourth-order valence-electron chi connectivity index (χ4n) is 1.97. The summed E-state index contributed by atoms with van der Waals surface area (Å²) in [6.07, 6.45) is 1.24. The van der Waals surface area contributed by atoms with Crippen molar-refractivity contribution in [1.82, 2.24) is 10.2 Å². The number of piperazine rings is 1. The first-order chi connectivity index (χ1) is 6.31. The van der Waals surface area contributed by atoms with Crippen molar-refractivity contribution in [2.75, 3.05) is 19.7 Å². The lowest BCUT2D eigenvalue weighted by Crippen LogP contribution is -2.46. The topological polar surface area (TPSA) is 58.6 Å². The number of likely N-dealkylation sites (tertiary alicyclic amines) is 1. The molecule has 2 heterocycles. The molecule has 1 amide bonds. The summed E-state index contributed by atoms with van der Waals surface area (Å²) < 4.78 is 4.72. The van der Waals surface area contributed by atoms with E-state index in [-0.39, 0.29) is 18.7 Å². The van der Waals surface area contributed by atoms with Gasteiger partial charge in [-0.1, -0.05) is 0 Å². The van der Waals surface area contributed by atoms with Crippen LogP contribution in [-0.2, 0) is 9.53 Å². The Bertz CT molecular complexity index is 231. The Hall–Kier alpha value is -1.10. The lowest BCUT2D eigenvalue weighted by molar-refractivity contribution is -0.110. The summed E-state index contributed by atoms with van der Waals surface area (Å²) in [5.74, 6) is 0. The molecule has 5 heteroatoms. The van der Waals surface area contributed by atoms with Crippen LogP contribution in [0.2, 0.25) is 0 Å². The molecule has 2 aliphatic rings. The maximum Gasteiger partial charge on any atom is 0.410 e. The molecule has 1 N–H and O–H groups in total. The molecule has 2 fully saturated rings. The van der Waals surface area contributed by atoms with E-state index in [1.807, 2.05) is 0 Å². The molecule has 0 radical (unpaired) electrons. The molecule has 2 bridgehead atoms. The van der Waals surface area contributed by atoms with E-state index in [0.29, 0.717) is 18.9 Å². The highest BCUT2D eigenvalue weighted by molar-refractivity contribution is 5.70. The van der Waals surface area contributed by atoms with Gasteiger partial charge in [-0.15, -0.1) is 0 Å². The van der Waals surface area contributed by atoms with Crippen molar-refractivity contribution in [3.8, 4) is 0 Å². The molecule has 0 saturated carbocycles. The van der Waals surface area contributed by atoms with Gasteiger partial charge in [-0.2, -0.15) is 0 Å². The number of hydrogen-bond acceptors (Lipinski definition) is 4. The average molecular weight is 184 g/mol. The number of nitrogens with zero attached hydrogens (tertiary/aromatic N) is 1. The Balaban J connectivity index is 1.87. The number of nitrogens with one attached hydrogen (secondary N) is 1. The van der Waals surface area contributed by atoms with Crippen molar-refractivity contribution in [2.45, 2.75) is 18.5 Å². The van der Waals surface area contributed by atoms with Crippen molar-refractivity contribution in [3.05, 3.63) is 0 Å². The van der Waals surface area contributed by atoms with E-state index in [2.05, 4.69) is 5.32 Å². The summed E-state index contributed by atoms with van der Waals surface area (Å²) in [7, 11) is 0. The molecule has 2 atom stereocenters. The zero-order valence-corrected chi connectivity index (χ0v) is 7.23. The van der Waals surface area contributed by atoms with Gasteiger partial charge in [0, 0.05) is 25.2 Å². The van der Waals surface area contributed by atoms with Gasteiger partial charge in [0.2, 0.25) is 0 Å². The predicted octanol–water partition coefficient (Wildman–Crippen LogP) is -0.632. The smallest absolute Gasteiger partial charge is 0.410 e. The quantitative estimate of drug-likeness (QED) is 0.580. The van der Waals surface area contributed by atoms with Crippen molar-refractivity contribution in [1.29, 1.82) is 0 Å². The molecular formula is C8H12N2O3. The number of carbonyl (C=O) groups is 2. The average Bonchev–Trinajstić information content (AvgIpc) is 2.74. The molecular weight excluding hydrogens is 172 g/mol. The number of fused-ring (bicyclic) bond motifs is 2. The molecule has 0 aromatic carbocycles. The van der Waals surface area contributed by atoms with Crippen LogP contribution in [0.3, 0.4) is 0 Å². The SMILES string of the molecule is O=CCOC(=O)N1CC2CC1CN2. The van der Waals surface area contributed by atoms with Crippen LogP contribution in [0.1, 0.15) is 6.42 Å². The molecule has 0 aromatic heterocycles. The van der Waals surface area contributed by atoms with Crippen molar-refractivity contribution in [2.24, 2.45) is 0 Å². The molecule has 2 rings (SSSR count). The van der Waals surface area contributed by atoms with Crippen LogP contribution in [0.25, 0.3) is 0 Å². The largest absolute Gasteiger partial charge is 0.442 e. The predicted molar refractivity (Wildman–Crippen MR) is 44.3 cm³/mol. The fourth-order valence-corrected chi connectivity index (χ4v) is 1.97. The van der Waals surface area contributed by atoms with Crippen LogP contribution >= 0.6 is 0 Å². The van der Waals surface area contributed by atoms with E-state index in [9.17, 15) is 9.59 Å². The molecule has 2 unspecified atom stereocenters. The van der Waals surface area contributed by atoms with Crippen molar-refractivity contribution in [3.63, 3.8) is 0 Å². The first-order valence-electron chi connectivity index (χ1n) is 4.41. The van der Waals surface area contributed by atoms with Crippen LogP contribution in [0.5, 0.6) is 0 Å². The van der Waals surface area contributed by atoms with Crippen LogP contribution in [0.4, 0.5) is 4.79 Å². The van der Waals surface area contributed by atoms with Gasteiger partial charge >= 0.3 is 6.09 Å². The van der Waals surface area contributed by atoms with Crippen molar-refractivity contribution >= 4 is 12.4 Å². The summed E-state index contributed by atoms with van der Waals surface area (Å²) in [5, 5.41) is 3.28. The number of carbonyl (C=O) groups excluding carboxylic acids is 2. The maximum absolute atomic E-state index is 11.3. The van der Waals surface area contributed by atoms with Gasteiger partial charge in [-0.3, -0.25) is 4.79 Å². The maximum atomic E-state index is 11.3. The fraction of sp³-hybridized carbons (Fsp3) is 0.750. The number of rotatable bonds is 2. The summed E-state index contributed by atoms with van der Waals surface area (Å²) >= 11 is 0. The minimum atomic E-state index is -0.360. The number of ether oxygens (including phenoxy) is 1. The van der Waals surface area contributed by atoms with Gasteiger partial charge in [-0.05, 0) is 6.42 Å². The summed E-state index contributed by atoms with van der Waals surface area (Å²) in [6, 6.07) is 0.693. The second-order valence-electron chi connectivity index (χ2n) is 3.39. The molecule has 5 nitrogen and oxygen atoms in total. The standard InChI is InChI=1S/C8H12N2O3/c11-1-2-13-8(12)10-5-6-3-7(10)4-9-6/h1,6-7,9H,2-5H2. The van der Waals surface area contributed by atoms with E-state index in [0.717, 1.165) is 13.0 Å². The molecule has 0 aliphatic carbocycles. The minimum absolute atomic E-state index is 0.139. The first-order valence-corrected chi connectivity index (χ1v) is 4.41. The Kier molecular flexibility index (Phi) is 2.18. The molecule has 0 aromatic rings.